The number of nitrogens with one attached hydrogen (secondary N) is 1. The number of aryl methyl sites for hydroxylation is 1. The fraction of sp³-hybridized carbons (Fsp3) is 0.278. The predicted molar refractivity (Wildman–Crippen MR) is 107 cm³/mol. The zero-order valence-electron chi connectivity index (χ0n) is 15.1. The Morgan fingerprint density at radius 3 is 2.52 bits per heavy atom. The van der Waals surface area contributed by atoms with Gasteiger partial charge in [0.2, 0.25) is 15.9 Å². The maximum Gasteiger partial charge on any atom is 0.246 e. The maximum atomic E-state index is 12.4. The number of nitrogens with zero attached hydrogens (tertiary/aromatic N) is 1. The van der Waals surface area contributed by atoms with Crippen molar-refractivity contribution in [3.05, 3.63) is 52.0 Å². The molecule has 0 atom stereocenters. The monoisotopic (exact) mass is 430 g/mol. The van der Waals surface area contributed by atoms with Crippen LogP contribution in [-0.2, 0) is 21.2 Å². The second kappa shape index (κ2) is 8.93. The Morgan fingerprint density at radius 2 is 1.89 bits per heavy atom. The molecule has 2 rings (SSSR count). The highest BCUT2D eigenvalue weighted by molar-refractivity contribution is 7.89. The van der Waals surface area contributed by atoms with E-state index >= 15 is 0 Å². The molecule has 0 radical (unpaired) electrons. The van der Waals surface area contributed by atoms with Crippen molar-refractivity contribution in [2.24, 2.45) is 0 Å². The summed E-state index contributed by atoms with van der Waals surface area (Å²) in [4.78, 5) is 12.2. The number of hydrogen-bond acceptors (Lipinski definition) is 4. The molecule has 0 aliphatic carbocycles. The van der Waals surface area contributed by atoms with Crippen molar-refractivity contribution in [2.75, 3.05) is 26.5 Å². The molecule has 0 aromatic heterocycles. The summed E-state index contributed by atoms with van der Waals surface area (Å²) < 4.78 is 31.1. The number of ether oxygens (including phenoxy) is 1. The van der Waals surface area contributed by atoms with E-state index < -0.39 is 10.0 Å². The van der Waals surface area contributed by atoms with E-state index in [0.29, 0.717) is 22.2 Å². The van der Waals surface area contributed by atoms with Gasteiger partial charge in [-0.3, -0.25) is 4.79 Å². The van der Waals surface area contributed by atoms with Gasteiger partial charge in [0.25, 0.3) is 0 Å². The molecular weight excluding hydrogens is 411 g/mol. The van der Waals surface area contributed by atoms with Gasteiger partial charge in [0.1, 0.15) is 10.6 Å². The molecular formula is C18H20Cl2N2O4S. The van der Waals surface area contributed by atoms with Gasteiger partial charge in [-0.25, -0.2) is 12.7 Å². The number of rotatable bonds is 7. The Morgan fingerprint density at radius 1 is 1.19 bits per heavy atom. The van der Waals surface area contributed by atoms with Crippen LogP contribution in [0.2, 0.25) is 10.0 Å². The third kappa shape index (κ3) is 5.13. The van der Waals surface area contributed by atoms with Crippen molar-refractivity contribution in [1.29, 1.82) is 0 Å². The standard InChI is InChI=1S/C18H20Cl2N2O4S/c1-22(2)27(24,25)16-11-13(8-9-15(16)26-3)21-17(23)10-7-12-5-4-6-14(19)18(12)20/h4-6,8-9,11H,7,10H2,1-3H3,(H,21,23). The van der Waals surface area contributed by atoms with E-state index in [9.17, 15) is 13.2 Å². The van der Waals surface area contributed by atoms with Crippen molar-refractivity contribution in [1.82, 2.24) is 4.31 Å². The number of hydrogen-bond donors (Lipinski definition) is 1. The number of carbonyl (C=O) groups excluding carboxylic acids is 1. The van der Waals surface area contributed by atoms with Crippen LogP contribution in [0.3, 0.4) is 0 Å². The molecule has 0 aliphatic rings. The van der Waals surface area contributed by atoms with E-state index in [1.54, 1.807) is 24.3 Å². The summed E-state index contributed by atoms with van der Waals surface area (Å²) in [6, 6.07) is 9.70. The zero-order valence-corrected chi connectivity index (χ0v) is 17.5. The second-order valence-electron chi connectivity index (χ2n) is 5.91. The summed E-state index contributed by atoms with van der Waals surface area (Å²) in [6.45, 7) is 0. The average Bonchev–Trinajstić information content (AvgIpc) is 2.62. The van der Waals surface area contributed by atoms with Crippen molar-refractivity contribution < 1.29 is 17.9 Å². The van der Waals surface area contributed by atoms with Crippen molar-refractivity contribution in [3.8, 4) is 5.75 Å². The summed E-state index contributed by atoms with van der Waals surface area (Å²) >= 11 is 12.1. The summed E-state index contributed by atoms with van der Waals surface area (Å²) in [6.07, 6.45) is 0.575. The quantitative estimate of drug-likeness (QED) is 0.723. The molecule has 0 spiro atoms. The number of benzene rings is 2. The van der Waals surface area contributed by atoms with Crippen LogP contribution in [0.4, 0.5) is 5.69 Å². The van der Waals surface area contributed by atoms with E-state index in [-0.39, 0.29) is 23.0 Å². The number of methoxy groups -OCH3 is 1. The highest BCUT2D eigenvalue weighted by Gasteiger charge is 2.23. The van der Waals surface area contributed by atoms with Crippen LogP contribution in [-0.4, -0.2) is 39.8 Å². The summed E-state index contributed by atoms with van der Waals surface area (Å²) in [5.41, 5.74) is 1.13. The molecule has 0 fully saturated rings. The molecule has 0 unspecified atom stereocenters. The molecule has 1 amide bonds. The van der Waals surface area contributed by atoms with E-state index in [0.717, 1.165) is 9.87 Å². The van der Waals surface area contributed by atoms with Crippen molar-refractivity contribution >= 4 is 44.8 Å². The lowest BCUT2D eigenvalue weighted by Gasteiger charge is -2.16. The molecule has 2 aromatic carbocycles. The molecule has 0 saturated heterocycles. The van der Waals surface area contributed by atoms with E-state index in [1.165, 1.54) is 33.3 Å². The van der Waals surface area contributed by atoms with Crippen molar-refractivity contribution in [2.45, 2.75) is 17.7 Å². The van der Waals surface area contributed by atoms with Gasteiger partial charge in [0, 0.05) is 26.2 Å². The molecule has 1 N–H and O–H groups in total. The maximum absolute atomic E-state index is 12.4. The van der Waals surface area contributed by atoms with Gasteiger partial charge in [0.05, 0.1) is 17.2 Å². The first-order chi connectivity index (χ1) is 12.7. The van der Waals surface area contributed by atoms with Gasteiger partial charge in [-0.2, -0.15) is 0 Å². The molecule has 0 heterocycles. The van der Waals surface area contributed by atoms with Gasteiger partial charge in [-0.05, 0) is 36.2 Å². The highest BCUT2D eigenvalue weighted by atomic mass is 35.5. The minimum Gasteiger partial charge on any atom is -0.495 e. The van der Waals surface area contributed by atoms with Crippen LogP contribution in [0.5, 0.6) is 5.75 Å². The van der Waals surface area contributed by atoms with Crippen LogP contribution in [0.25, 0.3) is 0 Å². The Labute approximate surface area is 169 Å². The van der Waals surface area contributed by atoms with Gasteiger partial charge < -0.3 is 10.1 Å². The molecule has 6 nitrogen and oxygen atoms in total. The topological polar surface area (TPSA) is 75.7 Å². The lowest BCUT2D eigenvalue weighted by atomic mass is 10.1. The predicted octanol–water partition coefficient (Wildman–Crippen LogP) is 3.82. The second-order valence-corrected chi connectivity index (χ2v) is 8.82. The first-order valence-corrected chi connectivity index (χ1v) is 10.2. The normalized spacial score (nSPS) is 11.5. The number of amides is 1. The zero-order chi connectivity index (χ0) is 20.2. The van der Waals surface area contributed by atoms with Gasteiger partial charge >= 0.3 is 0 Å². The number of anilines is 1. The fourth-order valence-corrected chi connectivity index (χ4v) is 3.86. The molecule has 0 bridgehead atoms. The third-order valence-electron chi connectivity index (χ3n) is 3.86. The van der Waals surface area contributed by atoms with E-state index in [4.69, 9.17) is 27.9 Å². The third-order valence-corrected chi connectivity index (χ3v) is 6.55. The lowest BCUT2D eigenvalue weighted by molar-refractivity contribution is -0.116. The molecule has 2 aromatic rings. The van der Waals surface area contributed by atoms with Crippen LogP contribution in [0.15, 0.2) is 41.3 Å². The smallest absolute Gasteiger partial charge is 0.246 e. The van der Waals surface area contributed by atoms with Gasteiger partial charge in [-0.15, -0.1) is 0 Å². The molecule has 27 heavy (non-hydrogen) atoms. The SMILES string of the molecule is COc1ccc(NC(=O)CCc2cccc(Cl)c2Cl)cc1S(=O)(=O)N(C)C. The molecule has 0 saturated carbocycles. The molecule has 0 aliphatic heterocycles. The first kappa shape index (κ1) is 21.5. The Hall–Kier alpha value is -1.80. The first-order valence-electron chi connectivity index (χ1n) is 8.00. The Kier molecular flexibility index (Phi) is 7.11. The number of sulfonamides is 1. The minimum absolute atomic E-state index is 0.0225. The van der Waals surface area contributed by atoms with Crippen LogP contribution in [0.1, 0.15) is 12.0 Å². The van der Waals surface area contributed by atoms with E-state index in [2.05, 4.69) is 5.32 Å². The summed E-state index contributed by atoms with van der Waals surface area (Å²) in [7, 11) is 0.518. The highest BCUT2D eigenvalue weighted by Crippen LogP contribution is 2.29. The minimum atomic E-state index is -3.72. The Bertz CT molecular complexity index is 946. The van der Waals surface area contributed by atoms with Crippen LogP contribution >= 0.6 is 23.2 Å². The van der Waals surface area contributed by atoms with E-state index in [1.807, 2.05) is 0 Å². The van der Waals surface area contributed by atoms with Crippen molar-refractivity contribution in [3.63, 3.8) is 0 Å². The fourth-order valence-electron chi connectivity index (χ4n) is 2.37. The average molecular weight is 431 g/mol. The summed E-state index contributed by atoms with van der Waals surface area (Å²) in [5, 5.41) is 3.56. The summed E-state index contributed by atoms with van der Waals surface area (Å²) in [5.74, 6) is -0.0724. The van der Waals surface area contributed by atoms with Gasteiger partial charge in [0.15, 0.2) is 0 Å². The van der Waals surface area contributed by atoms with Crippen LogP contribution in [0, 0.1) is 0 Å². The Balaban J connectivity index is 2.15. The molecule has 9 heteroatoms. The molecule has 146 valence electrons. The number of halogens is 2. The number of carbonyl (C=O) groups is 1. The largest absolute Gasteiger partial charge is 0.495 e. The lowest BCUT2D eigenvalue weighted by Crippen LogP contribution is -2.23. The van der Waals surface area contributed by atoms with Crippen LogP contribution < -0.4 is 10.1 Å². The van der Waals surface area contributed by atoms with Gasteiger partial charge in [-0.1, -0.05) is 35.3 Å².